The third-order valence-electron chi connectivity index (χ3n) is 4.58. The smallest absolute Gasteiger partial charge is 0.156 e. The highest BCUT2D eigenvalue weighted by molar-refractivity contribution is 8.13. The Morgan fingerprint density at radius 1 is 1.35 bits per heavy atom. The van der Waals surface area contributed by atoms with Crippen LogP contribution in [0.2, 0.25) is 0 Å². The third-order valence-corrected chi connectivity index (χ3v) is 5.54. The van der Waals surface area contributed by atoms with E-state index in [-0.39, 0.29) is 0 Å². The second-order valence-electron chi connectivity index (χ2n) is 6.55. The van der Waals surface area contributed by atoms with E-state index in [9.17, 15) is 0 Å². The predicted molar refractivity (Wildman–Crippen MR) is 90.6 cm³/mol. The predicted octanol–water partition coefficient (Wildman–Crippen LogP) is 3.36. The maximum Gasteiger partial charge on any atom is 0.156 e. The monoisotopic (exact) mass is 297 g/mol. The topological polar surface area (TPSA) is 27.6 Å². The van der Waals surface area contributed by atoms with E-state index >= 15 is 0 Å². The lowest BCUT2D eigenvalue weighted by Gasteiger charge is -2.33. The maximum absolute atomic E-state index is 4.77. The molecule has 4 heteroatoms. The van der Waals surface area contributed by atoms with Gasteiger partial charge < -0.3 is 10.2 Å². The Hall–Kier alpha value is -0.220. The number of nitrogens with zero attached hydrogens (tertiary/aromatic N) is 2. The van der Waals surface area contributed by atoms with Gasteiger partial charge in [-0.05, 0) is 45.1 Å². The van der Waals surface area contributed by atoms with E-state index in [1.165, 1.54) is 56.1 Å². The van der Waals surface area contributed by atoms with Crippen LogP contribution in [0.15, 0.2) is 4.99 Å². The zero-order valence-corrected chi connectivity index (χ0v) is 14.2. The number of amidine groups is 1. The number of hydrogen-bond acceptors (Lipinski definition) is 3. The number of thioether (sulfide) groups is 1. The van der Waals surface area contributed by atoms with Crippen molar-refractivity contribution in [3.05, 3.63) is 0 Å². The van der Waals surface area contributed by atoms with Crippen LogP contribution in [0.3, 0.4) is 0 Å². The van der Waals surface area contributed by atoms with Crippen LogP contribution in [0.25, 0.3) is 0 Å². The summed E-state index contributed by atoms with van der Waals surface area (Å²) < 4.78 is 0. The van der Waals surface area contributed by atoms with Crippen molar-refractivity contribution in [1.29, 1.82) is 0 Å². The largest absolute Gasteiger partial charge is 0.362 e. The van der Waals surface area contributed by atoms with Crippen LogP contribution < -0.4 is 5.32 Å². The number of hydrogen-bond donors (Lipinski definition) is 1. The van der Waals surface area contributed by atoms with Gasteiger partial charge >= 0.3 is 0 Å². The van der Waals surface area contributed by atoms with Crippen molar-refractivity contribution in [2.24, 2.45) is 10.9 Å². The lowest BCUT2D eigenvalue weighted by Crippen LogP contribution is -2.41. The molecule has 0 amide bonds. The minimum absolute atomic E-state index is 0.622. The molecular weight excluding hydrogens is 266 g/mol. The van der Waals surface area contributed by atoms with E-state index in [2.05, 4.69) is 31.0 Å². The Kier molecular flexibility index (Phi) is 6.69. The quantitative estimate of drug-likeness (QED) is 0.789. The molecule has 2 fully saturated rings. The van der Waals surface area contributed by atoms with Crippen LogP contribution in [-0.2, 0) is 0 Å². The average Bonchev–Trinajstić information content (AvgIpc) is 2.45. The van der Waals surface area contributed by atoms with E-state index in [0.29, 0.717) is 12.0 Å². The molecule has 0 aliphatic carbocycles. The van der Waals surface area contributed by atoms with Crippen LogP contribution in [-0.4, -0.2) is 47.5 Å². The van der Waals surface area contributed by atoms with Gasteiger partial charge in [-0.2, -0.15) is 0 Å². The molecule has 0 aromatic heterocycles. The summed E-state index contributed by atoms with van der Waals surface area (Å²) in [7, 11) is 0. The molecule has 0 bridgehead atoms. The fraction of sp³-hybridized carbons (Fsp3) is 0.938. The Morgan fingerprint density at radius 3 is 2.95 bits per heavy atom. The van der Waals surface area contributed by atoms with E-state index in [1.54, 1.807) is 0 Å². The molecule has 0 aromatic carbocycles. The zero-order valence-electron chi connectivity index (χ0n) is 13.4. The van der Waals surface area contributed by atoms with Gasteiger partial charge in [0, 0.05) is 30.9 Å². The van der Waals surface area contributed by atoms with Gasteiger partial charge in [0.25, 0.3) is 0 Å². The molecule has 2 unspecified atom stereocenters. The molecule has 1 N–H and O–H groups in total. The van der Waals surface area contributed by atoms with Gasteiger partial charge in [-0.15, -0.1) is 0 Å². The summed E-state index contributed by atoms with van der Waals surface area (Å²) in [6.45, 7) is 10.4. The standard InChI is InChI=1S/C16H31N3S/c1-13(2)15-8-12-20-16(18-15)17-9-6-11-19-10-5-4-7-14(19)3/h13-15H,4-12H2,1-3H3,(H,17,18). The van der Waals surface area contributed by atoms with E-state index in [1.807, 2.05) is 11.8 Å². The van der Waals surface area contributed by atoms with E-state index in [4.69, 9.17) is 4.99 Å². The molecule has 3 nitrogen and oxygen atoms in total. The van der Waals surface area contributed by atoms with Gasteiger partial charge in [0.1, 0.15) is 0 Å². The first-order valence-corrected chi connectivity index (χ1v) is 9.33. The van der Waals surface area contributed by atoms with Crippen molar-refractivity contribution >= 4 is 16.9 Å². The second-order valence-corrected chi connectivity index (χ2v) is 7.64. The molecule has 2 rings (SSSR count). The van der Waals surface area contributed by atoms with Gasteiger partial charge in [-0.25, -0.2) is 0 Å². The normalized spacial score (nSPS) is 30.7. The first kappa shape index (κ1) is 16.2. The molecule has 2 aliphatic heterocycles. The summed E-state index contributed by atoms with van der Waals surface area (Å²) in [6, 6.07) is 1.40. The van der Waals surface area contributed by atoms with Crippen molar-refractivity contribution in [3.63, 3.8) is 0 Å². The highest BCUT2D eigenvalue weighted by Crippen LogP contribution is 2.19. The molecule has 2 atom stereocenters. The molecule has 20 heavy (non-hydrogen) atoms. The molecule has 0 spiro atoms. The molecule has 0 saturated carbocycles. The summed E-state index contributed by atoms with van der Waals surface area (Å²) in [4.78, 5) is 7.41. The minimum atomic E-state index is 0.622. The Bertz CT molecular complexity index is 317. The van der Waals surface area contributed by atoms with Gasteiger partial charge in [0.15, 0.2) is 5.17 Å². The van der Waals surface area contributed by atoms with Gasteiger partial charge in [-0.3, -0.25) is 4.99 Å². The number of nitrogens with one attached hydrogen (secondary N) is 1. The van der Waals surface area contributed by atoms with Crippen LogP contribution >= 0.6 is 11.8 Å². The molecule has 2 heterocycles. The minimum Gasteiger partial charge on any atom is -0.362 e. The number of rotatable bonds is 5. The number of aliphatic imine (C=N–C) groups is 1. The SMILES string of the molecule is CC(C)C1CCSC(=NCCCN2CCCCC2C)N1. The Labute approximate surface area is 129 Å². The average molecular weight is 298 g/mol. The lowest BCUT2D eigenvalue weighted by molar-refractivity contribution is 0.160. The summed E-state index contributed by atoms with van der Waals surface area (Å²) in [5, 5.41) is 4.78. The van der Waals surface area contributed by atoms with Gasteiger partial charge in [0.05, 0.1) is 0 Å². The molecule has 116 valence electrons. The highest BCUT2D eigenvalue weighted by atomic mass is 32.2. The van der Waals surface area contributed by atoms with Crippen molar-refractivity contribution in [2.75, 3.05) is 25.4 Å². The molecule has 2 aliphatic rings. The summed E-state index contributed by atoms with van der Waals surface area (Å²) in [6.07, 6.45) is 6.64. The molecule has 0 radical (unpaired) electrons. The van der Waals surface area contributed by atoms with E-state index < -0.39 is 0 Å². The first-order chi connectivity index (χ1) is 9.66. The van der Waals surface area contributed by atoms with Crippen LogP contribution in [0.4, 0.5) is 0 Å². The van der Waals surface area contributed by atoms with Crippen molar-refractivity contribution in [3.8, 4) is 0 Å². The Balaban J connectivity index is 1.67. The van der Waals surface area contributed by atoms with Crippen LogP contribution in [0.1, 0.15) is 52.9 Å². The lowest BCUT2D eigenvalue weighted by atomic mass is 10.0. The van der Waals surface area contributed by atoms with Crippen molar-refractivity contribution < 1.29 is 0 Å². The van der Waals surface area contributed by atoms with Crippen molar-refractivity contribution in [1.82, 2.24) is 10.2 Å². The molecular formula is C16H31N3S. The highest BCUT2D eigenvalue weighted by Gasteiger charge is 2.20. The Morgan fingerprint density at radius 2 is 2.20 bits per heavy atom. The fourth-order valence-electron chi connectivity index (χ4n) is 3.09. The van der Waals surface area contributed by atoms with Gasteiger partial charge in [-0.1, -0.05) is 32.0 Å². The summed E-state index contributed by atoms with van der Waals surface area (Å²) in [5.41, 5.74) is 0. The van der Waals surface area contributed by atoms with Crippen LogP contribution in [0.5, 0.6) is 0 Å². The van der Waals surface area contributed by atoms with Crippen molar-refractivity contribution in [2.45, 2.75) is 65.0 Å². The van der Waals surface area contributed by atoms with Crippen LogP contribution in [0, 0.1) is 5.92 Å². The zero-order chi connectivity index (χ0) is 14.4. The van der Waals surface area contributed by atoms with E-state index in [0.717, 1.165) is 12.6 Å². The first-order valence-electron chi connectivity index (χ1n) is 8.34. The maximum atomic E-state index is 4.77. The number of likely N-dealkylation sites (tertiary alicyclic amines) is 1. The summed E-state index contributed by atoms with van der Waals surface area (Å²) >= 11 is 1.90. The number of piperidine rings is 1. The van der Waals surface area contributed by atoms with Gasteiger partial charge in [0.2, 0.25) is 0 Å². The fourth-order valence-corrected chi connectivity index (χ4v) is 4.07. The third kappa shape index (κ3) is 4.96. The second kappa shape index (κ2) is 8.28. The summed E-state index contributed by atoms with van der Waals surface area (Å²) in [5.74, 6) is 1.92. The molecule has 2 saturated heterocycles. The molecule has 0 aromatic rings.